The van der Waals surface area contributed by atoms with Gasteiger partial charge in [0.2, 0.25) is 5.91 Å². The molecule has 8 heteroatoms. The number of carbonyl (C=O) groups excluding carboxylic acids is 1. The van der Waals surface area contributed by atoms with Crippen LogP contribution in [0.4, 0.5) is 8.78 Å². The second-order valence-electron chi connectivity index (χ2n) is 7.77. The van der Waals surface area contributed by atoms with Crippen LogP contribution in [-0.2, 0) is 24.4 Å². The van der Waals surface area contributed by atoms with E-state index in [0.717, 1.165) is 29.7 Å². The van der Waals surface area contributed by atoms with E-state index in [4.69, 9.17) is 16.3 Å². The van der Waals surface area contributed by atoms with E-state index in [9.17, 15) is 18.4 Å². The van der Waals surface area contributed by atoms with Crippen molar-refractivity contribution < 1.29 is 18.3 Å². The zero-order valence-corrected chi connectivity index (χ0v) is 18.4. The molecule has 0 fully saturated rings. The fourth-order valence-corrected chi connectivity index (χ4v) is 4.05. The first-order chi connectivity index (χ1) is 15.2. The Balaban J connectivity index is 1.64. The van der Waals surface area contributed by atoms with E-state index >= 15 is 0 Å². The van der Waals surface area contributed by atoms with Crippen LogP contribution in [-0.4, -0.2) is 21.9 Å². The number of pyridine rings is 1. The lowest BCUT2D eigenvalue weighted by Gasteiger charge is -2.28. The molecule has 3 aromatic rings. The van der Waals surface area contributed by atoms with E-state index in [1.54, 1.807) is 24.8 Å². The molecule has 2 aromatic carbocycles. The third-order valence-electron chi connectivity index (χ3n) is 5.60. The number of halogens is 3. The van der Waals surface area contributed by atoms with Crippen molar-refractivity contribution in [3.8, 4) is 11.4 Å². The van der Waals surface area contributed by atoms with E-state index < -0.39 is 17.2 Å². The summed E-state index contributed by atoms with van der Waals surface area (Å²) in [6.45, 7) is 4.25. The lowest BCUT2D eigenvalue weighted by molar-refractivity contribution is -0.129. The Labute approximate surface area is 188 Å². The average Bonchev–Trinajstić information content (AvgIpc) is 2.75. The van der Waals surface area contributed by atoms with Gasteiger partial charge in [0.1, 0.15) is 29.0 Å². The Kier molecular flexibility index (Phi) is 6.02. The summed E-state index contributed by atoms with van der Waals surface area (Å²) in [5.74, 6) is -1.29. The summed E-state index contributed by atoms with van der Waals surface area (Å²) in [6.07, 6.45) is 0.760. The summed E-state index contributed by atoms with van der Waals surface area (Å²) in [5.41, 5.74) is 3.01. The zero-order valence-electron chi connectivity index (χ0n) is 17.6. The highest BCUT2D eigenvalue weighted by Gasteiger charge is 2.20. The first kappa shape index (κ1) is 22.0. The molecule has 0 spiro atoms. The Morgan fingerprint density at radius 2 is 1.91 bits per heavy atom. The number of carbonyl (C=O) groups is 1. The van der Waals surface area contributed by atoms with Gasteiger partial charge in [-0.3, -0.25) is 14.2 Å². The van der Waals surface area contributed by atoms with E-state index in [-0.39, 0.29) is 28.8 Å². The number of hydrogen-bond donors (Lipinski definition) is 0. The van der Waals surface area contributed by atoms with Gasteiger partial charge in [0.05, 0.1) is 0 Å². The number of amides is 1. The van der Waals surface area contributed by atoms with Crippen LogP contribution in [0, 0.1) is 18.6 Å². The predicted octanol–water partition coefficient (Wildman–Crippen LogP) is 4.56. The van der Waals surface area contributed by atoms with Crippen molar-refractivity contribution in [2.45, 2.75) is 33.4 Å². The Bertz CT molecular complexity index is 1270. The molecule has 1 aromatic heterocycles. The van der Waals surface area contributed by atoms with Crippen LogP contribution in [0.2, 0.25) is 5.02 Å². The van der Waals surface area contributed by atoms with Gasteiger partial charge < -0.3 is 9.64 Å². The van der Waals surface area contributed by atoms with Gasteiger partial charge in [-0.15, -0.1) is 0 Å². The highest BCUT2D eigenvalue weighted by Crippen LogP contribution is 2.27. The first-order valence-corrected chi connectivity index (χ1v) is 10.5. The molecular weight excluding hydrogens is 438 g/mol. The van der Waals surface area contributed by atoms with Crippen molar-refractivity contribution >= 4 is 17.5 Å². The van der Waals surface area contributed by atoms with E-state index in [1.807, 2.05) is 18.2 Å². The largest absolute Gasteiger partial charge is 0.487 e. The number of benzene rings is 2. The van der Waals surface area contributed by atoms with Gasteiger partial charge in [0.25, 0.3) is 5.56 Å². The van der Waals surface area contributed by atoms with Crippen molar-refractivity contribution in [3.05, 3.63) is 91.9 Å². The minimum Gasteiger partial charge on any atom is -0.487 e. The minimum absolute atomic E-state index is 0.0107. The van der Waals surface area contributed by atoms with Crippen LogP contribution in [0.25, 0.3) is 5.69 Å². The van der Waals surface area contributed by atoms with Crippen LogP contribution in [0.3, 0.4) is 0 Å². The first-order valence-electron chi connectivity index (χ1n) is 10.1. The molecule has 2 heterocycles. The SMILES string of the molecule is CC(=O)N1CCc2ccc(-n3c(C)cc(OCc4ccc(F)cc4F)c(Cl)c3=O)cc2C1. The molecule has 0 saturated heterocycles. The smallest absolute Gasteiger partial charge is 0.277 e. The van der Waals surface area contributed by atoms with Gasteiger partial charge in [0.15, 0.2) is 0 Å². The molecule has 0 unspecified atom stereocenters. The van der Waals surface area contributed by atoms with Gasteiger partial charge in [-0.1, -0.05) is 17.7 Å². The monoisotopic (exact) mass is 458 g/mol. The van der Waals surface area contributed by atoms with Crippen molar-refractivity contribution in [2.24, 2.45) is 0 Å². The van der Waals surface area contributed by atoms with Gasteiger partial charge in [-0.05, 0) is 48.7 Å². The molecule has 1 aliphatic heterocycles. The number of fused-ring (bicyclic) bond motifs is 1. The van der Waals surface area contributed by atoms with E-state index in [2.05, 4.69) is 0 Å². The molecule has 1 amide bonds. The summed E-state index contributed by atoms with van der Waals surface area (Å²) >= 11 is 6.29. The van der Waals surface area contributed by atoms with Gasteiger partial charge in [0, 0.05) is 49.1 Å². The summed E-state index contributed by atoms with van der Waals surface area (Å²) in [7, 11) is 0. The standard InChI is InChI=1S/C24H21ClF2N2O3/c1-14-9-22(32-13-17-3-5-19(26)11-21(17)27)23(25)24(31)29(14)20-6-4-16-7-8-28(15(2)30)12-18(16)10-20/h3-6,9-11H,7-8,12-13H2,1-2H3. The lowest BCUT2D eigenvalue weighted by Crippen LogP contribution is -2.34. The third kappa shape index (κ3) is 4.25. The maximum absolute atomic E-state index is 13.9. The highest BCUT2D eigenvalue weighted by molar-refractivity contribution is 6.31. The minimum atomic E-state index is -0.736. The van der Waals surface area contributed by atoms with Crippen LogP contribution in [0.15, 0.2) is 47.3 Å². The predicted molar refractivity (Wildman–Crippen MR) is 117 cm³/mol. The average molecular weight is 459 g/mol. The molecule has 0 atom stereocenters. The molecule has 5 nitrogen and oxygen atoms in total. The topological polar surface area (TPSA) is 51.5 Å². The molecule has 4 rings (SSSR count). The number of ether oxygens (including phenoxy) is 1. The van der Waals surface area contributed by atoms with Crippen molar-refractivity contribution in [1.29, 1.82) is 0 Å². The normalized spacial score (nSPS) is 13.1. The fourth-order valence-electron chi connectivity index (χ4n) is 3.85. The number of aromatic nitrogens is 1. The summed E-state index contributed by atoms with van der Waals surface area (Å²) in [4.78, 5) is 26.6. The molecule has 32 heavy (non-hydrogen) atoms. The zero-order chi connectivity index (χ0) is 23.0. The molecule has 166 valence electrons. The summed E-state index contributed by atoms with van der Waals surface area (Å²) in [6, 6.07) is 10.5. The number of aryl methyl sites for hydroxylation is 1. The van der Waals surface area contributed by atoms with Crippen LogP contribution < -0.4 is 10.3 Å². The maximum atomic E-state index is 13.9. The van der Waals surface area contributed by atoms with Gasteiger partial charge in [-0.25, -0.2) is 8.78 Å². The molecule has 0 aliphatic carbocycles. The lowest BCUT2D eigenvalue weighted by atomic mass is 9.99. The van der Waals surface area contributed by atoms with Crippen molar-refractivity contribution in [2.75, 3.05) is 6.54 Å². The highest BCUT2D eigenvalue weighted by atomic mass is 35.5. The molecule has 0 saturated carbocycles. The number of hydrogen-bond acceptors (Lipinski definition) is 3. The second-order valence-corrected chi connectivity index (χ2v) is 8.15. The second kappa shape index (κ2) is 8.74. The molecule has 0 bridgehead atoms. The quantitative estimate of drug-likeness (QED) is 0.576. The van der Waals surface area contributed by atoms with Crippen molar-refractivity contribution in [1.82, 2.24) is 9.47 Å². The Morgan fingerprint density at radius 3 is 2.62 bits per heavy atom. The van der Waals surface area contributed by atoms with Crippen LogP contribution in [0.5, 0.6) is 5.75 Å². The molecule has 1 aliphatic rings. The van der Waals surface area contributed by atoms with Gasteiger partial charge >= 0.3 is 0 Å². The van der Waals surface area contributed by atoms with Crippen molar-refractivity contribution in [3.63, 3.8) is 0 Å². The number of nitrogens with zero attached hydrogens (tertiary/aromatic N) is 2. The Morgan fingerprint density at radius 1 is 1.12 bits per heavy atom. The molecule has 0 N–H and O–H groups in total. The van der Waals surface area contributed by atoms with Gasteiger partial charge in [-0.2, -0.15) is 0 Å². The number of rotatable bonds is 4. The molecule has 0 radical (unpaired) electrons. The third-order valence-corrected chi connectivity index (χ3v) is 5.95. The maximum Gasteiger partial charge on any atom is 0.277 e. The van der Waals surface area contributed by atoms with E-state index in [1.165, 1.54) is 10.6 Å². The molecular formula is C24H21ClF2N2O3. The summed E-state index contributed by atoms with van der Waals surface area (Å²) < 4.78 is 34.0. The Hall–Kier alpha value is -3.19. The fraction of sp³-hybridized carbons (Fsp3) is 0.250. The van der Waals surface area contributed by atoms with Crippen LogP contribution >= 0.6 is 11.6 Å². The van der Waals surface area contributed by atoms with Crippen LogP contribution in [0.1, 0.15) is 29.3 Å². The summed E-state index contributed by atoms with van der Waals surface area (Å²) in [5, 5.41) is -0.138. The van der Waals surface area contributed by atoms with E-state index in [0.29, 0.717) is 24.5 Å².